The molecule has 5 heteroatoms. The zero-order chi connectivity index (χ0) is 37.0. The Labute approximate surface area is 309 Å². The van der Waals surface area contributed by atoms with Crippen LogP contribution in [-0.2, 0) is 6.18 Å². The van der Waals surface area contributed by atoms with Crippen LogP contribution in [0.3, 0.4) is 0 Å². The molecule has 2 nitrogen and oxygen atoms in total. The summed E-state index contributed by atoms with van der Waals surface area (Å²) in [5, 5.41) is 6.33. The van der Waals surface area contributed by atoms with Crippen molar-refractivity contribution in [3.63, 3.8) is 0 Å². The molecule has 0 aliphatic rings. The molecule has 0 fully saturated rings. The molecule has 0 amide bonds. The van der Waals surface area contributed by atoms with Gasteiger partial charge in [-0.25, -0.2) is 0 Å². The van der Waals surface area contributed by atoms with Gasteiger partial charge in [-0.1, -0.05) is 107 Å². The van der Waals surface area contributed by atoms with E-state index in [0.717, 1.165) is 72.4 Å². The molecule has 0 heterocycles. The van der Waals surface area contributed by atoms with Crippen LogP contribution in [0.4, 0.5) is 47.3 Å². The van der Waals surface area contributed by atoms with Crippen LogP contribution in [-0.4, -0.2) is 0 Å². The number of halogens is 3. The summed E-state index contributed by atoms with van der Waals surface area (Å²) < 4.78 is 42.4. The van der Waals surface area contributed by atoms with Crippen molar-refractivity contribution in [1.82, 2.24) is 0 Å². The second kappa shape index (κ2) is 13.3. The summed E-state index contributed by atoms with van der Waals surface area (Å²) >= 11 is 0. The quantitative estimate of drug-likeness (QED) is 0.145. The van der Waals surface area contributed by atoms with Gasteiger partial charge in [-0.15, -0.1) is 0 Å². The van der Waals surface area contributed by atoms with Gasteiger partial charge >= 0.3 is 6.18 Å². The fraction of sp³-hybridized carbons (Fsp3) is 0.167. The van der Waals surface area contributed by atoms with E-state index in [1.807, 2.05) is 17.0 Å². The maximum absolute atomic E-state index is 14.1. The van der Waals surface area contributed by atoms with Crippen molar-refractivity contribution in [2.75, 3.05) is 9.80 Å². The minimum absolute atomic E-state index is 0.319. The van der Waals surface area contributed by atoms with Gasteiger partial charge in [0.2, 0.25) is 0 Å². The zero-order valence-corrected chi connectivity index (χ0v) is 30.5. The number of rotatable bonds is 8. The van der Waals surface area contributed by atoms with Gasteiger partial charge in [-0.2, -0.15) is 13.2 Å². The Hall–Kier alpha value is -5.81. The molecule has 0 N–H and O–H groups in total. The summed E-state index contributed by atoms with van der Waals surface area (Å²) in [6.07, 6.45) is -4.48. The van der Waals surface area contributed by atoms with Crippen LogP contribution in [0.5, 0.6) is 0 Å². The average molecular weight is 703 g/mol. The van der Waals surface area contributed by atoms with Gasteiger partial charge in [0, 0.05) is 33.5 Å². The minimum atomic E-state index is -4.48. The Morgan fingerprint density at radius 1 is 0.453 bits per heavy atom. The van der Waals surface area contributed by atoms with E-state index in [4.69, 9.17) is 0 Å². The summed E-state index contributed by atoms with van der Waals surface area (Å²) in [5.74, 6) is 0.737. The van der Waals surface area contributed by atoms with Crippen LogP contribution in [0.1, 0.15) is 61.8 Å². The van der Waals surface area contributed by atoms with E-state index in [2.05, 4.69) is 149 Å². The Bertz CT molecular complexity index is 2570. The fourth-order valence-corrected chi connectivity index (χ4v) is 7.65. The predicted octanol–water partition coefficient (Wildman–Crippen LogP) is 15.1. The number of benzene rings is 8. The number of alkyl halides is 3. The molecule has 0 radical (unpaired) electrons. The lowest BCUT2D eigenvalue weighted by atomic mass is 9.91. The fourth-order valence-electron chi connectivity index (χ4n) is 7.65. The molecule has 0 bridgehead atoms. The minimum Gasteiger partial charge on any atom is -0.310 e. The van der Waals surface area contributed by atoms with E-state index in [-0.39, 0.29) is 0 Å². The smallest absolute Gasteiger partial charge is 0.310 e. The maximum Gasteiger partial charge on any atom is 0.416 e. The highest BCUT2D eigenvalue weighted by Gasteiger charge is 2.31. The second-order valence-electron chi connectivity index (χ2n) is 14.6. The van der Waals surface area contributed by atoms with Crippen molar-refractivity contribution >= 4 is 66.4 Å². The molecule has 0 aliphatic carbocycles. The number of hydrogen-bond acceptors (Lipinski definition) is 2. The highest BCUT2D eigenvalue weighted by molar-refractivity contribution is 6.29. The molecular weight excluding hydrogens is 662 g/mol. The predicted molar refractivity (Wildman–Crippen MR) is 217 cm³/mol. The summed E-state index contributed by atoms with van der Waals surface area (Å²) in [4.78, 5) is 4.31. The molecule has 8 aromatic carbocycles. The van der Waals surface area contributed by atoms with Crippen LogP contribution < -0.4 is 9.80 Å². The standard InChI is InChI=1S/C48H41F3N2/c1-30(2)33-18-22-38(23-19-33)52(40-14-6-10-32(5)26-40)44-27-35-11-8-17-43-45(28-36-12-7-16-42(44)46(36)47(35)43)53(39-24-20-34(21-25-39)31(3)4)41-15-9-13-37(29-41)48(49,50)51/h6-31H,1-5H3. The van der Waals surface area contributed by atoms with Crippen LogP contribution in [0.15, 0.2) is 146 Å². The topological polar surface area (TPSA) is 6.48 Å². The normalized spacial score (nSPS) is 12.1. The van der Waals surface area contributed by atoms with E-state index in [1.165, 1.54) is 23.3 Å². The Kier molecular flexibility index (Phi) is 8.61. The summed E-state index contributed by atoms with van der Waals surface area (Å²) in [5.41, 5.74) is 8.19. The van der Waals surface area contributed by atoms with E-state index in [9.17, 15) is 13.2 Å². The van der Waals surface area contributed by atoms with Gasteiger partial charge in [0.05, 0.1) is 16.9 Å². The Morgan fingerprint density at radius 2 is 0.887 bits per heavy atom. The van der Waals surface area contributed by atoms with Crippen LogP contribution in [0, 0.1) is 6.92 Å². The average Bonchev–Trinajstić information content (AvgIpc) is 3.15. The lowest BCUT2D eigenvalue weighted by Crippen LogP contribution is -2.13. The molecular formula is C48H41F3N2. The highest BCUT2D eigenvalue weighted by Crippen LogP contribution is 2.49. The summed E-state index contributed by atoms with van der Waals surface area (Å²) in [7, 11) is 0. The van der Waals surface area contributed by atoms with E-state index < -0.39 is 11.7 Å². The number of anilines is 6. The van der Waals surface area contributed by atoms with Crippen molar-refractivity contribution in [2.24, 2.45) is 0 Å². The summed E-state index contributed by atoms with van der Waals surface area (Å²) in [6, 6.07) is 48.3. The number of aryl methyl sites for hydroxylation is 1. The van der Waals surface area contributed by atoms with E-state index in [1.54, 1.807) is 6.07 Å². The first-order valence-electron chi connectivity index (χ1n) is 18.2. The van der Waals surface area contributed by atoms with Crippen molar-refractivity contribution in [3.05, 3.63) is 168 Å². The maximum atomic E-state index is 14.1. The van der Waals surface area contributed by atoms with Crippen molar-refractivity contribution in [3.8, 4) is 0 Å². The van der Waals surface area contributed by atoms with Gasteiger partial charge in [0.15, 0.2) is 0 Å². The molecule has 264 valence electrons. The van der Waals surface area contributed by atoms with E-state index >= 15 is 0 Å². The third-order valence-corrected chi connectivity index (χ3v) is 10.4. The zero-order valence-electron chi connectivity index (χ0n) is 30.5. The molecule has 0 aliphatic heterocycles. The van der Waals surface area contributed by atoms with Crippen molar-refractivity contribution in [2.45, 2.75) is 52.6 Å². The van der Waals surface area contributed by atoms with Gasteiger partial charge < -0.3 is 9.80 Å². The largest absolute Gasteiger partial charge is 0.416 e. The number of nitrogens with zero attached hydrogens (tertiary/aromatic N) is 2. The molecule has 0 unspecified atom stereocenters. The van der Waals surface area contributed by atoms with Crippen LogP contribution in [0.2, 0.25) is 0 Å². The summed E-state index contributed by atoms with van der Waals surface area (Å²) in [6.45, 7) is 10.8. The highest BCUT2D eigenvalue weighted by atomic mass is 19.4. The first kappa shape index (κ1) is 34.3. The molecule has 0 spiro atoms. The van der Waals surface area contributed by atoms with Gasteiger partial charge in [0.1, 0.15) is 0 Å². The molecule has 0 saturated heterocycles. The molecule has 0 saturated carbocycles. The Balaban J connectivity index is 1.40. The first-order valence-corrected chi connectivity index (χ1v) is 18.2. The molecule has 0 atom stereocenters. The van der Waals surface area contributed by atoms with Crippen LogP contribution in [0.25, 0.3) is 32.3 Å². The van der Waals surface area contributed by atoms with E-state index in [0.29, 0.717) is 17.5 Å². The first-order chi connectivity index (χ1) is 25.5. The van der Waals surface area contributed by atoms with Crippen LogP contribution >= 0.6 is 0 Å². The third-order valence-electron chi connectivity index (χ3n) is 10.4. The lowest BCUT2D eigenvalue weighted by Gasteiger charge is -2.31. The van der Waals surface area contributed by atoms with Gasteiger partial charge in [-0.3, -0.25) is 0 Å². The number of hydrogen-bond donors (Lipinski definition) is 0. The SMILES string of the molecule is Cc1cccc(N(c2ccc(C(C)C)cc2)c2cc3cccc4c(N(c5ccc(C(C)C)cc5)c5cccc(C(F)(F)F)c5)cc5cccc2c5c34)c1. The van der Waals surface area contributed by atoms with Crippen molar-refractivity contribution < 1.29 is 13.2 Å². The second-order valence-corrected chi connectivity index (χ2v) is 14.6. The third kappa shape index (κ3) is 6.24. The molecule has 8 rings (SSSR count). The molecule has 0 aromatic heterocycles. The molecule has 53 heavy (non-hydrogen) atoms. The van der Waals surface area contributed by atoms with Crippen molar-refractivity contribution in [1.29, 1.82) is 0 Å². The Morgan fingerprint density at radius 3 is 1.32 bits per heavy atom. The van der Waals surface area contributed by atoms with Gasteiger partial charge in [0.25, 0.3) is 0 Å². The van der Waals surface area contributed by atoms with Gasteiger partial charge in [-0.05, 0) is 124 Å². The molecule has 8 aromatic rings. The lowest BCUT2D eigenvalue weighted by molar-refractivity contribution is -0.137. The monoisotopic (exact) mass is 702 g/mol.